The van der Waals surface area contributed by atoms with Crippen LogP contribution in [0.25, 0.3) is 10.9 Å². The van der Waals surface area contributed by atoms with Crippen LogP contribution in [0, 0.1) is 0 Å². The number of pyridine rings is 1. The maximum atomic E-state index is 12.5. The number of carbonyl (C=O) groups is 2. The van der Waals surface area contributed by atoms with E-state index < -0.39 is 0 Å². The first-order valence-corrected chi connectivity index (χ1v) is 9.41. The molecule has 6 nitrogen and oxygen atoms in total. The lowest BCUT2D eigenvalue weighted by atomic mass is 10.1. The zero-order valence-corrected chi connectivity index (χ0v) is 15.4. The topological polar surface area (TPSA) is 82.3 Å². The highest BCUT2D eigenvalue weighted by Crippen LogP contribution is 2.22. The van der Waals surface area contributed by atoms with Crippen molar-refractivity contribution in [2.45, 2.75) is 19.3 Å². The van der Waals surface area contributed by atoms with Crippen molar-refractivity contribution < 1.29 is 9.59 Å². The molecule has 2 amide bonds. The Morgan fingerprint density at radius 2 is 1.93 bits per heavy atom. The number of para-hydroxylation sites is 1. The van der Waals surface area contributed by atoms with Crippen LogP contribution in [0.3, 0.4) is 0 Å². The first kappa shape index (κ1) is 18.0. The summed E-state index contributed by atoms with van der Waals surface area (Å²) in [5.41, 5.74) is 2.55. The first-order valence-electron chi connectivity index (χ1n) is 9.41. The quantitative estimate of drug-likeness (QED) is 0.719. The highest BCUT2D eigenvalue weighted by Gasteiger charge is 2.22. The Morgan fingerprint density at radius 3 is 2.75 bits per heavy atom. The van der Waals surface area contributed by atoms with Gasteiger partial charge in [-0.15, -0.1) is 0 Å². The smallest absolute Gasteiger partial charge is 0.251 e. The minimum absolute atomic E-state index is 0.0908. The van der Waals surface area contributed by atoms with E-state index in [1.54, 1.807) is 23.1 Å². The van der Waals surface area contributed by atoms with Crippen LogP contribution in [-0.4, -0.2) is 29.9 Å². The molecule has 4 rings (SSSR count). The van der Waals surface area contributed by atoms with Crippen LogP contribution in [-0.2, 0) is 11.2 Å². The fourth-order valence-corrected chi connectivity index (χ4v) is 3.53. The Balaban J connectivity index is 1.42. The number of aromatic amines is 1. The number of anilines is 1. The summed E-state index contributed by atoms with van der Waals surface area (Å²) in [6, 6.07) is 16.5. The Labute approximate surface area is 162 Å². The highest BCUT2D eigenvalue weighted by atomic mass is 16.2. The molecule has 2 aromatic carbocycles. The van der Waals surface area contributed by atoms with Crippen LogP contribution in [0.1, 0.15) is 28.8 Å². The summed E-state index contributed by atoms with van der Waals surface area (Å²) in [6.45, 7) is 1.04. The SMILES string of the molecule is O=C(NCCc1cc2ccccc2[nH]c1=O)c1cccc(N2CCCC2=O)c1. The average molecular weight is 375 g/mol. The third-order valence-corrected chi connectivity index (χ3v) is 5.00. The predicted molar refractivity (Wildman–Crippen MR) is 109 cm³/mol. The molecule has 2 N–H and O–H groups in total. The Bertz CT molecular complexity index is 1100. The second-order valence-electron chi connectivity index (χ2n) is 6.92. The van der Waals surface area contributed by atoms with Crippen molar-refractivity contribution in [2.75, 3.05) is 18.0 Å². The van der Waals surface area contributed by atoms with Crippen LogP contribution < -0.4 is 15.8 Å². The number of fused-ring (bicyclic) bond motifs is 1. The fraction of sp³-hybridized carbons (Fsp3) is 0.227. The number of nitrogens with one attached hydrogen (secondary N) is 2. The summed E-state index contributed by atoms with van der Waals surface area (Å²) in [5.74, 6) is -0.126. The molecule has 1 aliphatic rings. The van der Waals surface area contributed by atoms with Crippen molar-refractivity contribution in [1.29, 1.82) is 0 Å². The number of hydrogen-bond donors (Lipinski definition) is 2. The first-order chi connectivity index (χ1) is 13.6. The monoisotopic (exact) mass is 375 g/mol. The van der Waals surface area contributed by atoms with E-state index in [2.05, 4.69) is 10.3 Å². The predicted octanol–water partition coefficient (Wildman–Crippen LogP) is 2.63. The van der Waals surface area contributed by atoms with Crippen molar-refractivity contribution in [1.82, 2.24) is 10.3 Å². The lowest BCUT2D eigenvalue weighted by Crippen LogP contribution is -2.28. The molecular formula is C22H21N3O3. The molecular weight excluding hydrogens is 354 g/mol. The lowest BCUT2D eigenvalue weighted by molar-refractivity contribution is -0.117. The average Bonchev–Trinajstić information content (AvgIpc) is 3.14. The minimum Gasteiger partial charge on any atom is -0.352 e. The van der Waals surface area contributed by atoms with E-state index in [1.807, 2.05) is 36.4 Å². The van der Waals surface area contributed by atoms with Gasteiger partial charge in [-0.1, -0.05) is 24.3 Å². The molecule has 0 saturated carbocycles. The largest absolute Gasteiger partial charge is 0.352 e. The number of nitrogens with zero attached hydrogens (tertiary/aromatic N) is 1. The van der Waals surface area contributed by atoms with Crippen molar-refractivity contribution >= 4 is 28.4 Å². The van der Waals surface area contributed by atoms with Gasteiger partial charge in [0.05, 0.1) is 0 Å². The molecule has 1 fully saturated rings. The van der Waals surface area contributed by atoms with E-state index in [9.17, 15) is 14.4 Å². The molecule has 1 aliphatic heterocycles. The van der Waals surface area contributed by atoms with Crippen molar-refractivity contribution in [3.8, 4) is 0 Å². The number of rotatable bonds is 5. The van der Waals surface area contributed by atoms with Crippen LogP contribution in [0.15, 0.2) is 59.4 Å². The number of amides is 2. The van der Waals surface area contributed by atoms with Gasteiger partial charge < -0.3 is 15.2 Å². The summed E-state index contributed by atoms with van der Waals surface area (Å²) in [6.07, 6.45) is 1.84. The maximum Gasteiger partial charge on any atom is 0.251 e. The molecule has 1 aromatic heterocycles. The number of hydrogen-bond acceptors (Lipinski definition) is 3. The summed E-state index contributed by atoms with van der Waals surface area (Å²) in [4.78, 5) is 41.2. The third-order valence-electron chi connectivity index (χ3n) is 5.00. The van der Waals surface area contributed by atoms with Crippen molar-refractivity contribution in [3.05, 3.63) is 76.1 Å². The van der Waals surface area contributed by atoms with Gasteiger partial charge in [-0.05, 0) is 48.6 Å². The Morgan fingerprint density at radius 1 is 1.07 bits per heavy atom. The standard InChI is InChI=1S/C22H21N3O3/c26-20-9-4-12-25(20)18-7-3-6-16(14-18)21(27)23-11-10-17-13-15-5-1-2-8-19(15)24-22(17)28/h1-3,5-8,13-14H,4,9-12H2,(H,23,27)(H,24,28). The van der Waals surface area contributed by atoms with E-state index >= 15 is 0 Å². The number of H-pyrrole nitrogens is 1. The molecule has 142 valence electrons. The van der Waals surface area contributed by atoms with Crippen LogP contribution in [0.2, 0.25) is 0 Å². The molecule has 0 aliphatic carbocycles. The van der Waals surface area contributed by atoms with Gasteiger partial charge in [-0.3, -0.25) is 14.4 Å². The number of carbonyl (C=O) groups excluding carboxylic acids is 2. The molecule has 0 unspecified atom stereocenters. The van der Waals surface area contributed by atoms with Gasteiger partial charge in [0.2, 0.25) is 5.91 Å². The number of benzene rings is 2. The molecule has 0 bridgehead atoms. The molecule has 0 spiro atoms. The zero-order chi connectivity index (χ0) is 19.5. The highest BCUT2D eigenvalue weighted by molar-refractivity contribution is 5.99. The molecule has 0 atom stereocenters. The van der Waals surface area contributed by atoms with E-state index in [-0.39, 0.29) is 17.4 Å². The van der Waals surface area contributed by atoms with E-state index in [4.69, 9.17) is 0 Å². The van der Waals surface area contributed by atoms with Crippen LogP contribution >= 0.6 is 0 Å². The van der Waals surface area contributed by atoms with Gasteiger partial charge in [0.25, 0.3) is 11.5 Å². The van der Waals surface area contributed by atoms with Gasteiger partial charge in [0.1, 0.15) is 0 Å². The molecule has 3 aromatic rings. The zero-order valence-electron chi connectivity index (χ0n) is 15.4. The molecule has 2 heterocycles. The normalized spacial score (nSPS) is 13.9. The van der Waals surface area contributed by atoms with E-state index in [0.29, 0.717) is 37.1 Å². The van der Waals surface area contributed by atoms with Gasteiger partial charge in [-0.25, -0.2) is 0 Å². The third kappa shape index (κ3) is 3.67. The van der Waals surface area contributed by atoms with Crippen molar-refractivity contribution in [3.63, 3.8) is 0 Å². The van der Waals surface area contributed by atoms with E-state index in [0.717, 1.165) is 23.0 Å². The molecule has 6 heteroatoms. The van der Waals surface area contributed by atoms with Crippen LogP contribution in [0.4, 0.5) is 5.69 Å². The summed E-state index contributed by atoms with van der Waals surface area (Å²) in [5, 5.41) is 3.82. The maximum absolute atomic E-state index is 12.5. The van der Waals surface area contributed by atoms with E-state index in [1.165, 1.54) is 0 Å². The summed E-state index contributed by atoms with van der Waals surface area (Å²) < 4.78 is 0. The molecule has 1 saturated heterocycles. The fourth-order valence-electron chi connectivity index (χ4n) is 3.53. The second-order valence-corrected chi connectivity index (χ2v) is 6.92. The van der Waals surface area contributed by atoms with Crippen LogP contribution in [0.5, 0.6) is 0 Å². The van der Waals surface area contributed by atoms with Crippen molar-refractivity contribution in [2.24, 2.45) is 0 Å². The summed E-state index contributed by atoms with van der Waals surface area (Å²) >= 11 is 0. The molecule has 28 heavy (non-hydrogen) atoms. The second kappa shape index (κ2) is 7.68. The lowest BCUT2D eigenvalue weighted by Gasteiger charge is -2.16. The van der Waals surface area contributed by atoms with Gasteiger partial charge in [-0.2, -0.15) is 0 Å². The van der Waals surface area contributed by atoms with Gasteiger partial charge >= 0.3 is 0 Å². The van der Waals surface area contributed by atoms with Gasteiger partial charge in [0.15, 0.2) is 0 Å². The molecule has 0 radical (unpaired) electrons. The Hall–Kier alpha value is -3.41. The summed E-state index contributed by atoms with van der Waals surface area (Å²) in [7, 11) is 0. The van der Waals surface area contributed by atoms with Gasteiger partial charge in [0, 0.05) is 41.8 Å². The Kier molecular flexibility index (Phi) is 4.93. The number of aromatic nitrogens is 1. The minimum atomic E-state index is -0.217.